The summed E-state index contributed by atoms with van der Waals surface area (Å²) >= 11 is 0. The number of nitrogens with zero attached hydrogens (tertiary/aromatic N) is 6. The first-order valence-electron chi connectivity index (χ1n) is 17.0. The van der Waals surface area contributed by atoms with Crippen molar-refractivity contribution >= 4 is 33.1 Å². The number of hydrogen-bond donors (Lipinski definition) is 0. The highest BCUT2D eigenvalue weighted by atomic mass is 15.1. The van der Waals surface area contributed by atoms with E-state index in [0.29, 0.717) is 0 Å². The van der Waals surface area contributed by atoms with Crippen molar-refractivity contribution in [2.75, 3.05) is 0 Å². The standard InChI is InChI=1S/C42H48N6/c1-40(2,3)28-19-13-25(14-20-28)37-43-31-34(46(37)10)32-36(48(12)38(44-32)26-15-21-29(22-16-26)41(4,5)6)33-35(31)47(11)39(45-33)27-17-23-30(24-18-27)42(7,8)9/h13-24H,1-12H3. The molecular weight excluding hydrogens is 589 g/mol. The van der Waals surface area contributed by atoms with Crippen LogP contribution in [0.1, 0.15) is 79.0 Å². The molecule has 0 N–H and O–H groups in total. The van der Waals surface area contributed by atoms with Crippen LogP contribution in [0.3, 0.4) is 0 Å². The van der Waals surface area contributed by atoms with Crippen molar-refractivity contribution < 1.29 is 0 Å². The van der Waals surface area contributed by atoms with Crippen molar-refractivity contribution in [3.8, 4) is 34.2 Å². The summed E-state index contributed by atoms with van der Waals surface area (Å²) in [6.07, 6.45) is 0. The Labute approximate surface area is 284 Å². The monoisotopic (exact) mass is 636 g/mol. The Hall–Kier alpha value is -4.71. The van der Waals surface area contributed by atoms with E-state index in [1.54, 1.807) is 0 Å². The predicted octanol–water partition coefficient (Wildman–Crippen LogP) is 10.2. The highest BCUT2D eigenvalue weighted by molar-refractivity contribution is 6.21. The van der Waals surface area contributed by atoms with Crippen LogP contribution in [0.2, 0.25) is 0 Å². The molecule has 0 bridgehead atoms. The quantitative estimate of drug-likeness (QED) is 0.194. The summed E-state index contributed by atoms with van der Waals surface area (Å²) in [6.45, 7) is 20.2. The molecule has 0 aliphatic carbocycles. The number of hydrogen-bond acceptors (Lipinski definition) is 3. The Morgan fingerprint density at radius 1 is 0.354 bits per heavy atom. The van der Waals surface area contributed by atoms with E-state index in [-0.39, 0.29) is 16.2 Å². The third-order valence-corrected chi connectivity index (χ3v) is 9.99. The van der Waals surface area contributed by atoms with Crippen molar-refractivity contribution in [2.45, 2.75) is 78.6 Å². The van der Waals surface area contributed by atoms with E-state index in [2.05, 4.69) is 170 Å². The molecule has 246 valence electrons. The van der Waals surface area contributed by atoms with Crippen molar-refractivity contribution in [3.63, 3.8) is 0 Å². The molecule has 6 heteroatoms. The summed E-state index contributed by atoms with van der Waals surface area (Å²) in [6, 6.07) is 26.5. The molecule has 0 atom stereocenters. The lowest BCUT2D eigenvalue weighted by Crippen LogP contribution is -2.10. The summed E-state index contributed by atoms with van der Waals surface area (Å²) in [7, 11) is 6.34. The molecule has 6 nitrogen and oxygen atoms in total. The van der Waals surface area contributed by atoms with Gasteiger partial charge in [-0.15, -0.1) is 0 Å². The summed E-state index contributed by atoms with van der Waals surface area (Å²) in [5.74, 6) is 2.75. The van der Waals surface area contributed by atoms with Crippen molar-refractivity contribution in [1.82, 2.24) is 28.7 Å². The maximum atomic E-state index is 5.37. The van der Waals surface area contributed by atoms with E-state index in [1.165, 1.54) is 16.7 Å². The average molecular weight is 637 g/mol. The molecular formula is C42H48N6. The van der Waals surface area contributed by atoms with Gasteiger partial charge in [-0.05, 0) is 32.9 Å². The van der Waals surface area contributed by atoms with E-state index < -0.39 is 0 Å². The van der Waals surface area contributed by atoms with Crippen LogP contribution in [0.15, 0.2) is 72.8 Å². The molecule has 4 aromatic carbocycles. The van der Waals surface area contributed by atoms with Gasteiger partial charge in [-0.1, -0.05) is 135 Å². The third-order valence-electron chi connectivity index (χ3n) is 9.99. The van der Waals surface area contributed by atoms with Crippen LogP contribution in [0.4, 0.5) is 0 Å². The molecule has 0 unspecified atom stereocenters. The minimum Gasteiger partial charge on any atom is -0.325 e. The number of fused-ring (bicyclic) bond motifs is 6. The lowest BCUT2D eigenvalue weighted by atomic mass is 9.86. The Balaban J connectivity index is 1.52. The fraction of sp³-hybridized carbons (Fsp3) is 0.357. The summed E-state index contributed by atoms with van der Waals surface area (Å²) in [4.78, 5) is 16.1. The molecule has 3 aromatic heterocycles. The van der Waals surface area contributed by atoms with Crippen LogP contribution in [-0.2, 0) is 37.4 Å². The zero-order valence-corrected chi connectivity index (χ0v) is 30.6. The highest BCUT2D eigenvalue weighted by Gasteiger charge is 2.27. The van der Waals surface area contributed by atoms with Gasteiger partial charge in [-0.3, -0.25) is 0 Å². The van der Waals surface area contributed by atoms with E-state index in [0.717, 1.165) is 67.3 Å². The number of imidazole rings is 3. The molecule has 0 amide bonds. The van der Waals surface area contributed by atoms with Gasteiger partial charge >= 0.3 is 0 Å². The normalized spacial score (nSPS) is 13.0. The number of aryl methyl sites for hydroxylation is 3. The van der Waals surface area contributed by atoms with Gasteiger partial charge in [-0.2, -0.15) is 0 Å². The van der Waals surface area contributed by atoms with Gasteiger partial charge in [0, 0.05) is 37.8 Å². The van der Waals surface area contributed by atoms with E-state index in [4.69, 9.17) is 15.0 Å². The molecule has 7 rings (SSSR count). The van der Waals surface area contributed by atoms with Crippen molar-refractivity contribution in [2.24, 2.45) is 21.1 Å². The van der Waals surface area contributed by atoms with Gasteiger partial charge in [-0.25, -0.2) is 15.0 Å². The predicted molar refractivity (Wildman–Crippen MR) is 202 cm³/mol. The van der Waals surface area contributed by atoms with Crippen LogP contribution in [0.5, 0.6) is 0 Å². The van der Waals surface area contributed by atoms with E-state index >= 15 is 0 Å². The van der Waals surface area contributed by atoms with Crippen LogP contribution >= 0.6 is 0 Å². The molecule has 3 heterocycles. The largest absolute Gasteiger partial charge is 0.325 e. The van der Waals surface area contributed by atoms with E-state index in [1.807, 2.05) is 0 Å². The van der Waals surface area contributed by atoms with Gasteiger partial charge in [0.05, 0.1) is 16.6 Å². The Morgan fingerprint density at radius 2 is 0.562 bits per heavy atom. The summed E-state index contributed by atoms with van der Waals surface area (Å²) in [5, 5.41) is 0. The lowest BCUT2D eigenvalue weighted by molar-refractivity contribution is 0.590. The molecule has 0 fully saturated rings. The topological polar surface area (TPSA) is 53.5 Å². The molecule has 0 aliphatic rings. The van der Waals surface area contributed by atoms with Crippen molar-refractivity contribution in [1.29, 1.82) is 0 Å². The van der Waals surface area contributed by atoms with E-state index in [9.17, 15) is 0 Å². The summed E-state index contributed by atoms with van der Waals surface area (Å²) in [5.41, 5.74) is 13.2. The SMILES string of the molecule is Cn1c(-c2ccc(C(C)(C)C)cc2)nc2c1c1nc(-c3ccc(C(C)(C)C)cc3)n(C)c1c1nc(-c3ccc(C(C)(C)C)cc3)n(C)c21. The molecule has 0 saturated carbocycles. The molecule has 0 aliphatic heterocycles. The second-order valence-corrected chi connectivity index (χ2v) is 16.6. The zero-order valence-electron chi connectivity index (χ0n) is 30.6. The smallest absolute Gasteiger partial charge is 0.141 e. The van der Waals surface area contributed by atoms with Gasteiger partial charge < -0.3 is 13.7 Å². The van der Waals surface area contributed by atoms with Crippen LogP contribution in [0, 0.1) is 0 Å². The maximum absolute atomic E-state index is 5.37. The minimum atomic E-state index is 0.0782. The maximum Gasteiger partial charge on any atom is 0.141 e. The van der Waals surface area contributed by atoms with Gasteiger partial charge in [0.25, 0.3) is 0 Å². The molecule has 0 radical (unpaired) electrons. The lowest BCUT2D eigenvalue weighted by Gasteiger charge is -2.19. The Bertz CT molecular complexity index is 2030. The molecule has 0 spiro atoms. The van der Waals surface area contributed by atoms with Gasteiger partial charge in [0.2, 0.25) is 0 Å². The Morgan fingerprint density at radius 3 is 0.750 bits per heavy atom. The second kappa shape index (κ2) is 10.6. The first-order chi connectivity index (χ1) is 22.4. The average Bonchev–Trinajstić information content (AvgIpc) is 3.66. The molecule has 48 heavy (non-hydrogen) atoms. The first-order valence-corrected chi connectivity index (χ1v) is 17.0. The second-order valence-electron chi connectivity index (χ2n) is 16.6. The zero-order chi connectivity index (χ0) is 34.5. The number of rotatable bonds is 3. The fourth-order valence-electron chi connectivity index (χ4n) is 6.94. The number of aromatic nitrogens is 6. The van der Waals surface area contributed by atoms with Gasteiger partial charge in [0.15, 0.2) is 0 Å². The third kappa shape index (κ3) is 5.04. The minimum absolute atomic E-state index is 0.0782. The van der Waals surface area contributed by atoms with Crippen LogP contribution in [-0.4, -0.2) is 28.7 Å². The van der Waals surface area contributed by atoms with Gasteiger partial charge in [0.1, 0.15) is 34.0 Å². The first kappa shape index (κ1) is 31.9. The highest BCUT2D eigenvalue weighted by Crippen LogP contribution is 2.40. The van der Waals surface area contributed by atoms with Crippen molar-refractivity contribution in [3.05, 3.63) is 89.5 Å². The fourth-order valence-corrected chi connectivity index (χ4v) is 6.94. The molecule has 0 saturated heterocycles. The Kier molecular flexibility index (Phi) is 7.07. The summed E-state index contributed by atoms with van der Waals surface area (Å²) < 4.78 is 6.65. The molecule has 7 aromatic rings. The van der Waals surface area contributed by atoms with Crippen LogP contribution < -0.4 is 0 Å². The van der Waals surface area contributed by atoms with Crippen LogP contribution in [0.25, 0.3) is 67.3 Å². The number of benzene rings is 4.